The van der Waals surface area contributed by atoms with Crippen molar-refractivity contribution < 1.29 is 8.78 Å². The highest BCUT2D eigenvalue weighted by Gasteiger charge is 2.07. The van der Waals surface area contributed by atoms with Crippen LogP contribution in [0, 0.1) is 11.6 Å². The van der Waals surface area contributed by atoms with Crippen LogP contribution in [-0.4, -0.2) is 31.5 Å². The third-order valence-electron chi connectivity index (χ3n) is 3.49. The normalized spacial score (nSPS) is 10.9. The van der Waals surface area contributed by atoms with Crippen molar-refractivity contribution in [1.82, 2.24) is 10.2 Å². The zero-order valence-electron chi connectivity index (χ0n) is 13.8. The van der Waals surface area contributed by atoms with E-state index >= 15 is 0 Å². The van der Waals surface area contributed by atoms with Crippen LogP contribution in [0.4, 0.5) is 8.78 Å². The van der Waals surface area contributed by atoms with Gasteiger partial charge in [0, 0.05) is 27.2 Å². The van der Waals surface area contributed by atoms with E-state index in [0.29, 0.717) is 13.1 Å². The molecule has 0 saturated carbocycles. The van der Waals surface area contributed by atoms with Gasteiger partial charge >= 0.3 is 0 Å². The van der Waals surface area contributed by atoms with Gasteiger partial charge in [0.25, 0.3) is 0 Å². The Morgan fingerprint density at radius 2 is 1.75 bits per heavy atom. The summed E-state index contributed by atoms with van der Waals surface area (Å²) in [6.07, 6.45) is 0.771. The van der Waals surface area contributed by atoms with E-state index in [2.05, 4.69) is 10.3 Å². The summed E-state index contributed by atoms with van der Waals surface area (Å²) < 4.78 is 26.1. The lowest BCUT2D eigenvalue weighted by Gasteiger charge is -2.22. The number of aliphatic imine (C=N–C) groups is 1. The molecule has 3 nitrogen and oxygen atoms in total. The molecule has 1 N–H and O–H groups in total. The monoisotopic (exact) mass is 445 g/mol. The lowest BCUT2D eigenvalue weighted by Crippen LogP contribution is -2.39. The Balaban J connectivity index is 0.00000288. The fourth-order valence-electron chi connectivity index (χ4n) is 2.34. The second-order valence-electron chi connectivity index (χ2n) is 5.34. The molecule has 24 heavy (non-hydrogen) atoms. The Bertz CT molecular complexity index is 660. The van der Waals surface area contributed by atoms with Crippen molar-refractivity contribution >= 4 is 29.9 Å². The third-order valence-corrected chi connectivity index (χ3v) is 3.49. The molecule has 6 heteroatoms. The SMILES string of the molecule is CN=C(NCCc1ccc(F)cc1)N(C)Cc1cccc(F)c1.I. The molecule has 2 rings (SSSR count). The summed E-state index contributed by atoms with van der Waals surface area (Å²) in [5, 5.41) is 3.26. The first-order valence-electron chi connectivity index (χ1n) is 7.49. The fraction of sp³-hybridized carbons (Fsp3) is 0.278. The zero-order valence-corrected chi connectivity index (χ0v) is 16.1. The minimum atomic E-state index is -0.241. The van der Waals surface area contributed by atoms with Gasteiger partial charge in [-0.25, -0.2) is 8.78 Å². The van der Waals surface area contributed by atoms with E-state index in [-0.39, 0.29) is 35.6 Å². The van der Waals surface area contributed by atoms with Crippen molar-refractivity contribution in [1.29, 1.82) is 0 Å². The average molecular weight is 445 g/mol. The van der Waals surface area contributed by atoms with Gasteiger partial charge in [0.15, 0.2) is 5.96 Å². The van der Waals surface area contributed by atoms with Crippen molar-refractivity contribution in [3.05, 3.63) is 71.3 Å². The second-order valence-corrected chi connectivity index (χ2v) is 5.34. The maximum atomic E-state index is 13.2. The number of guanidine groups is 1. The van der Waals surface area contributed by atoms with Gasteiger partial charge in [-0.05, 0) is 41.8 Å². The molecular weight excluding hydrogens is 423 g/mol. The quantitative estimate of drug-likeness (QED) is 0.431. The van der Waals surface area contributed by atoms with E-state index in [1.807, 2.05) is 18.0 Å². The number of hydrogen-bond donors (Lipinski definition) is 1. The molecule has 130 valence electrons. The van der Waals surface area contributed by atoms with Crippen LogP contribution in [-0.2, 0) is 13.0 Å². The third kappa shape index (κ3) is 6.43. The molecule has 2 aromatic carbocycles. The van der Waals surface area contributed by atoms with Gasteiger partial charge in [-0.3, -0.25) is 4.99 Å². The largest absolute Gasteiger partial charge is 0.356 e. The van der Waals surface area contributed by atoms with Crippen LogP contribution < -0.4 is 5.32 Å². The molecule has 0 heterocycles. The van der Waals surface area contributed by atoms with E-state index in [1.54, 1.807) is 25.2 Å². The molecule has 0 amide bonds. The lowest BCUT2D eigenvalue weighted by atomic mass is 10.1. The molecule has 2 aromatic rings. The first-order valence-corrected chi connectivity index (χ1v) is 7.49. The highest BCUT2D eigenvalue weighted by molar-refractivity contribution is 14.0. The number of rotatable bonds is 5. The van der Waals surface area contributed by atoms with Crippen LogP contribution >= 0.6 is 24.0 Å². The zero-order chi connectivity index (χ0) is 16.7. The maximum Gasteiger partial charge on any atom is 0.193 e. The Labute approximate surface area is 158 Å². The summed E-state index contributed by atoms with van der Waals surface area (Å²) in [4.78, 5) is 6.16. The van der Waals surface area contributed by atoms with E-state index in [4.69, 9.17) is 0 Å². The minimum absolute atomic E-state index is 0. The van der Waals surface area contributed by atoms with E-state index in [1.165, 1.54) is 24.3 Å². The van der Waals surface area contributed by atoms with Gasteiger partial charge in [0.2, 0.25) is 0 Å². The van der Waals surface area contributed by atoms with Crippen molar-refractivity contribution in [2.75, 3.05) is 20.6 Å². The first-order chi connectivity index (χ1) is 11.1. The predicted molar refractivity (Wildman–Crippen MR) is 105 cm³/mol. The standard InChI is InChI=1S/C18H21F2N3.HI/c1-21-18(22-11-10-14-6-8-16(19)9-7-14)23(2)13-15-4-3-5-17(20)12-15;/h3-9,12H,10-11,13H2,1-2H3,(H,21,22);1H. The van der Waals surface area contributed by atoms with E-state index in [9.17, 15) is 8.78 Å². The van der Waals surface area contributed by atoms with Crippen molar-refractivity contribution in [2.45, 2.75) is 13.0 Å². The smallest absolute Gasteiger partial charge is 0.193 e. The Hall–Kier alpha value is -1.70. The molecule has 0 atom stereocenters. The molecule has 0 aromatic heterocycles. The molecule has 0 fully saturated rings. The molecule has 0 bridgehead atoms. The van der Waals surface area contributed by atoms with Gasteiger partial charge in [-0.15, -0.1) is 24.0 Å². The Morgan fingerprint density at radius 1 is 1.04 bits per heavy atom. The summed E-state index contributed by atoms with van der Waals surface area (Å²) in [5.41, 5.74) is 1.94. The Morgan fingerprint density at radius 3 is 2.38 bits per heavy atom. The summed E-state index contributed by atoms with van der Waals surface area (Å²) in [6, 6.07) is 13.0. The van der Waals surface area contributed by atoms with Crippen molar-refractivity contribution in [3.63, 3.8) is 0 Å². The molecule has 0 unspecified atom stereocenters. The number of nitrogens with zero attached hydrogens (tertiary/aromatic N) is 2. The second kappa shape index (κ2) is 10.2. The van der Waals surface area contributed by atoms with Crippen molar-refractivity contribution in [3.8, 4) is 0 Å². The van der Waals surface area contributed by atoms with Crippen LogP contribution in [0.2, 0.25) is 0 Å². The van der Waals surface area contributed by atoms with Crippen LogP contribution in [0.5, 0.6) is 0 Å². The van der Waals surface area contributed by atoms with Crippen LogP contribution in [0.15, 0.2) is 53.5 Å². The molecule has 0 saturated heterocycles. The van der Waals surface area contributed by atoms with Gasteiger partial charge in [-0.1, -0.05) is 24.3 Å². The van der Waals surface area contributed by atoms with Crippen LogP contribution in [0.1, 0.15) is 11.1 Å². The molecule has 0 aliphatic rings. The molecule has 0 aliphatic carbocycles. The molecule has 0 spiro atoms. The van der Waals surface area contributed by atoms with Crippen LogP contribution in [0.3, 0.4) is 0 Å². The van der Waals surface area contributed by atoms with Crippen LogP contribution in [0.25, 0.3) is 0 Å². The summed E-state index contributed by atoms with van der Waals surface area (Å²) in [5.74, 6) is 0.263. The lowest BCUT2D eigenvalue weighted by molar-refractivity contribution is 0.475. The van der Waals surface area contributed by atoms with Gasteiger partial charge < -0.3 is 10.2 Å². The Kier molecular flexibility index (Phi) is 8.67. The number of halogens is 3. The summed E-state index contributed by atoms with van der Waals surface area (Å²) >= 11 is 0. The van der Waals surface area contributed by atoms with E-state index in [0.717, 1.165) is 23.5 Å². The molecule has 0 radical (unpaired) electrons. The van der Waals surface area contributed by atoms with Gasteiger partial charge in [0.05, 0.1) is 0 Å². The summed E-state index contributed by atoms with van der Waals surface area (Å²) in [7, 11) is 3.61. The number of nitrogens with one attached hydrogen (secondary N) is 1. The molecule has 0 aliphatic heterocycles. The maximum absolute atomic E-state index is 13.2. The topological polar surface area (TPSA) is 27.6 Å². The highest BCUT2D eigenvalue weighted by atomic mass is 127. The fourth-order valence-corrected chi connectivity index (χ4v) is 2.34. The highest BCUT2D eigenvalue weighted by Crippen LogP contribution is 2.07. The van der Waals surface area contributed by atoms with Gasteiger partial charge in [0.1, 0.15) is 11.6 Å². The predicted octanol–water partition coefficient (Wildman–Crippen LogP) is 3.83. The van der Waals surface area contributed by atoms with E-state index < -0.39 is 0 Å². The summed E-state index contributed by atoms with van der Waals surface area (Å²) in [6.45, 7) is 1.25. The van der Waals surface area contributed by atoms with Crippen molar-refractivity contribution in [2.24, 2.45) is 4.99 Å². The number of hydrogen-bond acceptors (Lipinski definition) is 1. The minimum Gasteiger partial charge on any atom is -0.356 e. The average Bonchev–Trinajstić information content (AvgIpc) is 2.53. The first kappa shape index (κ1) is 20.3. The molecular formula is C18H22F2IN3. The van der Waals surface area contributed by atoms with Gasteiger partial charge in [-0.2, -0.15) is 0 Å². The number of benzene rings is 2.